The highest BCUT2D eigenvalue weighted by atomic mass is 16.2. The number of rotatable bonds is 3. The number of carbonyl (C=O) groups is 1. The van der Waals surface area contributed by atoms with Crippen molar-refractivity contribution < 1.29 is 4.79 Å². The van der Waals surface area contributed by atoms with Gasteiger partial charge in [0.2, 0.25) is 0 Å². The highest BCUT2D eigenvalue weighted by Crippen LogP contribution is 2.20. The van der Waals surface area contributed by atoms with Crippen LogP contribution in [0.1, 0.15) is 28.8 Å². The van der Waals surface area contributed by atoms with Gasteiger partial charge >= 0.3 is 0 Å². The van der Waals surface area contributed by atoms with Crippen molar-refractivity contribution in [2.24, 2.45) is 5.92 Å². The smallest absolute Gasteiger partial charge is 0.255 e. The Morgan fingerprint density at radius 3 is 2.70 bits per heavy atom. The number of likely N-dealkylation sites (tertiary alicyclic amines) is 1. The summed E-state index contributed by atoms with van der Waals surface area (Å²) in [6.45, 7) is 5.05. The van der Waals surface area contributed by atoms with Gasteiger partial charge in [0, 0.05) is 19.3 Å². The Kier molecular flexibility index (Phi) is 4.65. The Hall–Kier alpha value is -1.55. The third kappa shape index (κ3) is 3.51. The van der Waals surface area contributed by atoms with Crippen molar-refractivity contribution in [2.45, 2.75) is 19.8 Å². The normalized spacial score (nSPS) is 17.1. The van der Waals surface area contributed by atoms with Crippen LogP contribution >= 0.6 is 0 Å². The molecule has 0 aliphatic carbocycles. The molecule has 1 aliphatic rings. The Bertz CT molecular complexity index is 479. The minimum Gasteiger partial charge on any atom is -0.398 e. The maximum absolute atomic E-state index is 12.5. The number of nitrogens with two attached hydrogens (primary N) is 1. The lowest BCUT2D eigenvalue weighted by Crippen LogP contribution is -2.38. The summed E-state index contributed by atoms with van der Waals surface area (Å²) in [6.07, 6.45) is 2.33. The molecule has 0 aromatic heterocycles. The van der Waals surface area contributed by atoms with Gasteiger partial charge in [0.15, 0.2) is 0 Å². The molecule has 0 unspecified atom stereocenters. The summed E-state index contributed by atoms with van der Waals surface area (Å²) in [5.41, 5.74) is 8.18. The van der Waals surface area contributed by atoms with E-state index in [1.165, 1.54) is 0 Å². The molecule has 110 valence electrons. The van der Waals surface area contributed by atoms with Gasteiger partial charge in [-0.15, -0.1) is 0 Å². The van der Waals surface area contributed by atoms with E-state index in [-0.39, 0.29) is 5.91 Å². The van der Waals surface area contributed by atoms with E-state index in [0.717, 1.165) is 38.0 Å². The molecule has 0 bridgehead atoms. The third-order valence-corrected chi connectivity index (χ3v) is 4.16. The summed E-state index contributed by atoms with van der Waals surface area (Å²) in [5, 5.41) is 0. The fourth-order valence-corrected chi connectivity index (χ4v) is 2.78. The first kappa shape index (κ1) is 14.9. The lowest BCUT2D eigenvalue weighted by atomic mass is 9.96. The number of carbonyl (C=O) groups excluding carboxylic acids is 1. The molecule has 0 saturated carbocycles. The van der Waals surface area contributed by atoms with Crippen LogP contribution in [0.4, 0.5) is 5.69 Å². The number of nitrogens with zero attached hydrogens (tertiary/aromatic N) is 2. The topological polar surface area (TPSA) is 49.6 Å². The van der Waals surface area contributed by atoms with Crippen LogP contribution in [0.5, 0.6) is 0 Å². The summed E-state index contributed by atoms with van der Waals surface area (Å²) in [4.78, 5) is 16.7. The van der Waals surface area contributed by atoms with Crippen molar-refractivity contribution in [1.29, 1.82) is 0 Å². The maximum atomic E-state index is 12.5. The molecule has 2 rings (SSSR count). The van der Waals surface area contributed by atoms with E-state index >= 15 is 0 Å². The fourth-order valence-electron chi connectivity index (χ4n) is 2.78. The predicted octanol–water partition coefficient (Wildman–Crippen LogP) is 1.99. The van der Waals surface area contributed by atoms with Crippen LogP contribution in [-0.4, -0.2) is 49.4 Å². The molecular weight excluding hydrogens is 250 g/mol. The summed E-state index contributed by atoms with van der Waals surface area (Å²) >= 11 is 0. The largest absolute Gasteiger partial charge is 0.398 e. The monoisotopic (exact) mass is 275 g/mol. The Morgan fingerprint density at radius 1 is 1.40 bits per heavy atom. The first-order valence-corrected chi connectivity index (χ1v) is 7.27. The number of anilines is 1. The Labute approximate surface area is 121 Å². The van der Waals surface area contributed by atoms with E-state index in [1.807, 2.05) is 37.1 Å². The quantitative estimate of drug-likeness (QED) is 0.858. The van der Waals surface area contributed by atoms with Crippen molar-refractivity contribution >= 4 is 11.6 Å². The van der Waals surface area contributed by atoms with Gasteiger partial charge in [-0.05, 0) is 58.0 Å². The first-order valence-electron chi connectivity index (χ1n) is 7.27. The van der Waals surface area contributed by atoms with Gasteiger partial charge < -0.3 is 15.5 Å². The van der Waals surface area contributed by atoms with Crippen molar-refractivity contribution in [3.63, 3.8) is 0 Å². The van der Waals surface area contributed by atoms with Crippen LogP contribution in [-0.2, 0) is 0 Å². The Morgan fingerprint density at radius 2 is 2.05 bits per heavy atom. The summed E-state index contributed by atoms with van der Waals surface area (Å²) in [6, 6.07) is 5.62. The van der Waals surface area contributed by atoms with Crippen LogP contribution in [0.15, 0.2) is 18.2 Å². The van der Waals surface area contributed by atoms with Crippen molar-refractivity contribution in [3.8, 4) is 0 Å². The zero-order chi connectivity index (χ0) is 14.7. The van der Waals surface area contributed by atoms with Gasteiger partial charge in [0.1, 0.15) is 0 Å². The van der Waals surface area contributed by atoms with Gasteiger partial charge in [0.25, 0.3) is 5.91 Å². The average Bonchev–Trinajstić information content (AvgIpc) is 2.43. The van der Waals surface area contributed by atoms with Gasteiger partial charge in [-0.1, -0.05) is 11.6 Å². The molecule has 4 nitrogen and oxygen atoms in total. The number of benzene rings is 1. The predicted molar refractivity (Wildman–Crippen MR) is 82.8 cm³/mol. The van der Waals surface area contributed by atoms with E-state index in [2.05, 4.69) is 11.9 Å². The molecule has 2 N–H and O–H groups in total. The molecule has 0 atom stereocenters. The second-order valence-corrected chi connectivity index (χ2v) is 6.02. The zero-order valence-electron chi connectivity index (χ0n) is 12.7. The van der Waals surface area contributed by atoms with Gasteiger partial charge in [-0.3, -0.25) is 4.79 Å². The van der Waals surface area contributed by atoms with Crippen molar-refractivity contribution in [2.75, 3.05) is 39.5 Å². The number of amides is 1. The first-order chi connectivity index (χ1) is 9.47. The molecule has 1 aliphatic heterocycles. The van der Waals surface area contributed by atoms with Gasteiger partial charge in [0.05, 0.1) is 5.56 Å². The van der Waals surface area contributed by atoms with Crippen LogP contribution < -0.4 is 5.73 Å². The average molecular weight is 275 g/mol. The molecule has 1 amide bonds. The number of piperidine rings is 1. The fraction of sp³-hybridized carbons (Fsp3) is 0.562. The van der Waals surface area contributed by atoms with Crippen LogP contribution in [0.3, 0.4) is 0 Å². The standard InChI is InChI=1S/C16H25N3O/c1-12-4-5-15(17)14(10-12)16(20)19(3)11-13-6-8-18(2)9-7-13/h4-5,10,13H,6-9,11,17H2,1-3H3. The van der Waals surface area contributed by atoms with E-state index in [9.17, 15) is 4.79 Å². The van der Waals surface area contributed by atoms with Crippen LogP contribution in [0.2, 0.25) is 0 Å². The second kappa shape index (κ2) is 6.27. The minimum atomic E-state index is 0.0325. The number of aryl methyl sites for hydroxylation is 1. The maximum Gasteiger partial charge on any atom is 0.255 e. The van der Waals surface area contributed by atoms with E-state index in [4.69, 9.17) is 5.73 Å². The molecule has 1 saturated heterocycles. The SMILES string of the molecule is Cc1ccc(N)c(C(=O)N(C)CC2CCN(C)CC2)c1. The van der Waals surface area contributed by atoms with Gasteiger partial charge in [-0.25, -0.2) is 0 Å². The number of hydrogen-bond acceptors (Lipinski definition) is 3. The van der Waals surface area contributed by atoms with Crippen LogP contribution in [0.25, 0.3) is 0 Å². The number of hydrogen-bond donors (Lipinski definition) is 1. The lowest BCUT2D eigenvalue weighted by molar-refractivity contribution is 0.0748. The van der Waals surface area contributed by atoms with Gasteiger partial charge in [-0.2, -0.15) is 0 Å². The molecule has 4 heteroatoms. The summed E-state index contributed by atoms with van der Waals surface area (Å²) in [7, 11) is 4.03. The molecular formula is C16H25N3O. The highest BCUT2D eigenvalue weighted by Gasteiger charge is 2.21. The third-order valence-electron chi connectivity index (χ3n) is 4.16. The molecule has 0 spiro atoms. The second-order valence-electron chi connectivity index (χ2n) is 6.02. The molecule has 20 heavy (non-hydrogen) atoms. The van der Waals surface area contributed by atoms with E-state index in [0.29, 0.717) is 17.2 Å². The van der Waals surface area contributed by atoms with E-state index < -0.39 is 0 Å². The molecule has 1 aromatic rings. The number of nitrogen functional groups attached to an aromatic ring is 1. The highest BCUT2D eigenvalue weighted by molar-refractivity contribution is 5.99. The summed E-state index contributed by atoms with van der Waals surface area (Å²) < 4.78 is 0. The van der Waals surface area contributed by atoms with E-state index in [1.54, 1.807) is 0 Å². The molecule has 1 aromatic carbocycles. The molecule has 1 fully saturated rings. The lowest BCUT2D eigenvalue weighted by Gasteiger charge is -2.31. The summed E-state index contributed by atoms with van der Waals surface area (Å²) in [5.74, 6) is 0.635. The minimum absolute atomic E-state index is 0.0325. The Balaban J connectivity index is 1.99. The van der Waals surface area contributed by atoms with Crippen LogP contribution in [0, 0.1) is 12.8 Å². The van der Waals surface area contributed by atoms with Crippen molar-refractivity contribution in [3.05, 3.63) is 29.3 Å². The molecule has 1 heterocycles. The zero-order valence-corrected chi connectivity index (χ0v) is 12.7. The van der Waals surface area contributed by atoms with Crippen molar-refractivity contribution in [1.82, 2.24) is 9.80 Å². The molecule has 0 radical (unpaired) electrons.